The number of aromatic nitrogens is 2. The molecule has 3 rings (SSSR count). The van der Waals surface area contributed by atoms with E-state index in [1.807, 2.05) is 7.05 Å². The van der Waals surface area contributed by atoms with Gasteiger partial charge in [-0.25, -0.2) is 8.42 Å². The highest BCUT2D eigenvalue weighted by molar-refractivity contribution is 7.89. The fraction of sp³-hybridized carbons (Fsp3) is 0.769. The topological polar surface area (TPSA) is 67.7 Å². The maximum atomic E-state index is 13.1. The van der Waals surface area contributed by atoms with Crippen LogP contribution in [-0.4, -0.2) is 72.8 Å². The van der Waals surface area contributed by atoms with Crippen molar-refractivity contribution in [2.75, 3.05) is 33.3 Å². The molecule has 0 aliphatic carbocycles. The number of morpholine rings is 1. The van der Waals surface area contributed by atoms with Gasteiger partial charge in [0.25, 0.3) is 0 Å². The maximum Gasteiger partial charge on any atom is 0.248 e. The summed E-state index contributed by atoms with van der Waals surface area (Å²) in [5, 5.41) is 4.29. The Morgan fingerprint density at radius 1 is 1.32 bits per heavy atom. The van der Waals surface area contributed by atoms with Crippen LogP contribution in [0.2, 0.25) is 5.15 Å². The van der Waals surface area contributed by atoms with Gasteiger partial charge in [-0.2, -0.15) is 9.40 Å². The third-order valence-electron chi connectivity index (χ3n) is 4.40. The van der Waals surface area contributed by atoms with E-state index in [4.69, 9.17) is 16.3 Å². The number of rotatable bonds is 2. The molecule has 0 bridgehead atoms. The molecule has 2 fully saturated rings. The van der Waals surface area contributed by atoms with Crippen molar-refractivity contribution in [1.29, 1.82) is 0 Å². The van der Waals surface area contributed by atoms with Crippen molar-refractivity contribution in [1.82, 2.24) is 19.0 Å². The van der Waals surface area contributed by atoms with E-state index in [1.165, 1.54) is 4.68 Å². The van der Waals surface area contributed by atoms with Gasteiger partial charge in [-0.05, 0) is 20.4 Å². The molecule has 9 heteroatoms. The molecule has 1 aromatic heterocycles. The molecule has 0 amide bonds. The van der Waals surface area contributed by atoms with Gasteiger partial charge in [0.1, 0.15) is 10.0 Å². The average molecular weight is 349 g/mol. The third-order valence-corrected chi connectivity index (χ3v) is 7.02. The van der Waals surface area contributed by atoms with Crippen LogP contribution in [0.1, 0.15) is 12.1 Å². The third kappa shape index (κ3) is 2.56. The predicted molar refractivity (Wildman–Crippen MR) is 82.5 cm³/mol. The van der Waals surface area contributed by atoms with Gasteiger partial charge in [-0.15, -0.1) is 0 Å². The number of piperidine rings is 1. The van der Waals surface area contributed by atoms with Crippen LogP contribution in [0.5, 0.6) is 0 Å². The second-order valence-electron chi connectivity index (χ2n) is 5.97. The Balaban J connectivity index is 2.00. The molecule has 0 radical (unpaired) electrons. The van der Waals surface area contributed by atoms with Crippen molar-refractivity contribution in [2.45, 2.75) is 30.4 Å². The number of likely N-dealkylation sites (N-methyl/N-ethyl adjacent to an activating group) is 1. The molecule has 3 heterocycles. The Morgan fingerprint density at radius 3 is 2.68 bits per heavy atom. The molecule has 0 unspecified atom stereocenters. The zero-order valence-electron chi connectivity index (χ0n) is 13.0. The smallest absolute Gasteiger partial charge is 0.248 e. The number of likely N-dealkylation sites (tertiary alicyclic amines) is 1. The first kappa shape index (κ1) is 16.2. The molecule has 1 aromatic rings. The SMILES string of the molecule is Cc1nn(C)c(Cl)c1S(=O)(=O)N1CCO[C@@H]2CCN(C)C[C@H]21. The quantitative estimate of drug-likeness (QED) is 0.777. The minimum absolute atomic E-state index is 0.0459. The molecule has 0 saturated carbocycles. The molecule has 22 heavy (non-hydrogen) atoms. The van der Waals surface area contributed by atoms with Crippen LogP contribution in [0.25, 0.3) is 0 Å². The number of ether oxygens (including phenoxy) is 1. The zero-order valence-corrected chi connectivity index (χ0v) is 14.6. The molecule has 7 nitrogen and oxygen atoms in total. The zero-order chi connectivity index (χ0) is 16.1. The van der Waals surface area contributed by atoms with Gasteiger partial charge in [0.05, 0.1) is 24.4 Å². The molecule has 2 aliphatic heterocycles. The van der Waals surface area contributed by atoms with Gasteiger partial charge in [-0.1, -0.05) is 11.6 Å². The Kier molecular flexibility index (Phi) is 4.24. The summed E-state index contributed by atoms with van der Waals surface area (Å²) in [5.74, 6) is 0. The van der Waals surface area contributed by atoms with Gasteiger partial charge < -0.3 is 9.64 Å². The summed E-state index contributed by atoms with van der Waals surface area (Å²) in [6.07, 6.45) is 0.794. The lowest BCUT2D eigenvalue weighted by Gasteiger charge is -2.45. The normalized spacial score (nSPS) is 27.8. The van der Waals surface area contributed by atoms with E-state index < -0.39 is 10.0 Å². The number of hydrogen-bond donors (Lipinski definition) is 0. The number of halogens is 1. The first-order chi connectivity index (χ1) is 10.3. The van der Waals surface area contributed by atoms with Crippen molar-refractivity contribution in [3.63, 3.8) is 0 Å². The van der Waals surface area contributed by atoms with E-state index in [1.54, 1.807) is 18.3 Å². The number of aryl methyl sites for hydroxylation is 2. The van der Waals surface area contributed by atoms with Crippen molar-refractivity contribution in [3.05, 3.63) is 10.8 Å². The van der Waals surface area contributed by atoms with Gasteiger partial charge in [0.2, 0.25) is 10.0 Å². The highest BCUT2D eigenvalue weighted by atomic mass is 35.5. The van der Waals surface area contributed by atoms with Crippen LogP contribution in [0, 0.1) is 6.92 Å². The van der Waals surface area contributed by atoms with Crippen LogP contribution in [-0.2, 0) is 21.8 Å². The lowest BCUT2D eigenvalue weighted by atomic mass is 10.0. The van der Waals surface area contributed by atoms with Crippen LogP contribution in [0.4, 0.5) is 0 Å². The van der Waals surface area contributed by atoms with E-state index >= 15 is 0 Å². The monoisotopic (exact) mass is 348 g/mol. The Labute approximate surface area is 135 Å². The number of sulfonamides is 1. The van der Waals surface area contributed by atoms with Gasteiger partial charge in [0, 0.05) is 26.7 Å². The number of hydrogen-bond acceptors (Lipinski definition) is 5. The van der Waals surface area contributed by atoms with E-state index in [-0.39, 0.29) is 22.2 Å². The van der Waals surface area contributed by atoms with Crippen LogP contribution >= 0.6 is 11.6 Å². The van der Waals surface area contributed by atoms with Gasteiger partial charge in [0.15, 0.2) is 0 Å². The fourth-order valence-electron chi connectivity index (χ4n) is 3.32. The minimum Gasteiger partial charge on any atom is -0.375 e. The van der Waals surface area contributed by atoms with Crippen molar-refractivity contribution in [2.24, 2.45) is 7.05 Å². The highest BCUT2D eigenvalue weighted by Gasteiger charge is 2.44. The van der Waals surface area contributed by atoms with E-state index in [9.17, 15) is 8.42 Å². The molecule has 124 valence electrons. The molecule has 2 saturated heterocycles. The summed E-state index contributed by atoms with van der Waals surface area (Å²) in [4.78, 5) is 2.25. The summed E-state index contributed by atoms with van der Waals surface area (Å²) >= 11 is 6.17. The molecular weight excluding hydrogens is 328 g/mol. The van der Waals surface area contributed by atoms with Crippen molar-refractivity contribution < 1.29 is 13.2 Å². The Bertz CT molecular complexity index is 675. The van der Waals surface area contributed by atoms with Gasteiger partial charge >= 0.3 is 0 Å². The average Bonchev–Trinajstić information content (AvgIpc) is 2.71. The summed E-state index contributed by atoms with van der Waals surface area (Å²) in [6, 6.07) is -0.173. The fourth-order valence-corrected chi connectivity index (χ4v) is 5.65. The second kappa shape index (κ2) is 5.76. The van der Waals surface area contributed by atoms with E-state index in [2.05, 4.69) is 10.00 Å². The molecular formula is C13H21ClN4O3S. The predicted octanol–water partition coefficient (Wildman–Crippen LogP) is 0.476. The number of nitrogens with zero attached hydrogens (tertiary/aromatic N) is 4. The Hall–Kier alpha value is -0.670. The largest absolute Gasteiger partial charge is 0.375 e. The molecule has 0 spiro atoms. The highest BCUT2D eigenvalue weighted by Crippen LogP contribution is 2.32. The van der Waals surface area contributed by atoms with Crippen LogP contribution in [0.3, 0.4) is 0 Å². The molecule has 0 aromatic carbocycles. The molecule has 2 atom stereocenters. The second-order valence-corrected chi connectivity index (χ2v) is 8.16. The van der Waals surface area contributed by atoms with Gasteiger partial charge in [-0.3, -0.25) is 4.68 Å². The summed E-state index contributed by atoms with van der Waals surface area (Å²) in [5.41, 5.74) is 0.430. The standard InChI is InChI=1S/C13H21ClN4O3S/c1-9-12(13(14)17(3)15-9)22(19,20)18-6-7-21-11-4-5-16(2)8-10(11)18/h10-11H,4-8H2,1-3H3/t10-,11-/m1/s1. The van der Waals surface area contributed by atoms with Crippen LogP contribution < -0.4 is 0 Å². The lowest BCUT2D eigenvalue weighted by Crippen LogP contribution is -2.60. The first-order valence-corrected chi connectivity index (χ1v) is 9.15. The minimum atomic E-state index is -3.68. The van der Waals surface area contributed by atoms with Crippen LogP contribution in [0.15, 0.2) is 4.90 Å². The van der Waals surface area contributed by atoms with Crippen molar-refractivity contribution >= 4 is 21.6 Å². The van der Waals surface area contributed by atoms with Crippen molar-refractivity contribution in [3.8, 4) is 0 Å². The maximum absolute atomic E-state index is 13.1. The lowest BCUT2D eigenvalue weighted by molar-refractivity contribution is -0.0719. The first-order valence-electron chi connectivity index (χ1n) is 7.33. The van der Waals surface area contributed by atoms with E-state index in [0.717, 1.165) is 13.0 Å². The summed E-state index contributed by atoms with van der Waals surface area (Å²) in [7, 11) is -0.0433. The summed E-state index contributed by atoms with van der Waals surface area (Å²) in [6.45, 7) is 4.02. The van der Waals surface area contributed by atoms with E-state index in [0.29, 0.717) is 25.4 Å². The molecule has 2 aliphatic rings. The summed E-state index contributed by atoms with van der Waals surface area (Å²) < 4.78 is 35.0. The molecule has 0 N–H and O–H groups in total. The number of fused-ring (bicyclic) bond motifs is 1. The Morgan fingerprint density at radius 2 is 2.05 bits per heavy atom.